The van der Waals surface area contributed by atoms with Crippen LogP contribution in [0.5, 0.6) is 0 Å². The minimum absolute atomic E-state index is 0.0233. The van der Waals surface area contributed by atoms with Gasteiger partial charge in [0.1, 0.15) is 6.61 Å². The van der Waals surface area contributed by atoms with Crippen molar-refractivity contribution in [3.8, 4) is 0 Å². The van der Waals surface area contributed by atoms with E-state index in [2.05, 4.69) is 26.0 Å². The van der Waals surface area contributed by atoms with Gasteiger partial charge in [-0.2, -0.15) is 0 Å². The zero-order valence-electron chi connectivity index (χ0n) is 29.4. The summed E-state index contributed by atoms with van der Waals surface area (Å²) in [6.45, 7) is 6.24. The lowest BCUT2D eigenvalue weighted by molar-refractivity contribution is -0.147. The van der Waals surface area contributed by atoms with Crippen LogP contribution in [0.3, 0.4) is 0 Å². The number of hydrogen-bond acceptors (Lipinski definition) is 4. The van der Waals surface area contributed by atoms with Gasteiger partial charge in [-0.3, -0.25) is 9.59 Å². The highest BCUT2D eigenvalue weighted by atomic mass is 16.5. The number of carbonyl (C=O) groups excluding carboxylic acids is 2. The van der Waals surface area contributed by atoms with E-state index in [1.807, 2.05) is 23.1 Å². The van der Waals surface area contributed by atoms with Gasteiger partial charge in [0.05, 0.1) is 18.8 Å². The van der Waals surface area contributed by atoms with Crippen LogP contribution in [0.1, 0.15) is 180 Å². The molecule has 1 aromatic carbocycles. The van der Waals surface area contributed by atoms with Crippen molar-refractivity contribution in [2.24, 2.45) is 0 Å². The molecule has 0 N–H and O–H groups in total. The largest absolute Gasteiger partial charge is 0.463 e. The van der Waals surface area contributed by atoms with Crippen molar-refractivity contribution in [1.29, 1.82) is 0 Å². The normalized spacial score (nSPS) is 15.4. The second-order valence-electron chi connectivity index (χ2n) is 13.6. The predicted molar refractivity (Wildman–Crippen MR) is 188 cm³/mol. The molecular weight excluding hydrogens is 558 g/mol. The van der Waals surface area contributed by atoms with E-state index in [0.29, 0.717) is 26.1 Å². The molecule has 1 aromatic rings. The van der Waals surface area contributed by atoms with Crippen LogP contribution < -0.4 is 0 Å². The van der Waals surface area contributed by atoms with E-state index in [4.69, 9.17) is 9.47 Å². The molecule has 1 unspecified atom stereocenters. The molecule has 1 fully saturated rings. The monoisotopic (exact) mass is 628 g/mol. The number of esters is 1. The van der Waals surface area contributed by atoms with Gasteiger partial charge < -0.3 is 14.4 Å². The van der Waals surface area contributed by atoms with E-state index in [-0.39, 0.29) is 24.0 Å². The summed E-state index contributed by atoms with van der Waals surface area (Å²) in [4.78, 5) is 27.7. The number of benzene rings is 1. The highest BCUT2D eigenvalue weighted by molar-refractivity contribution is 5.77. The van der Waals surface area contributed by atoms with Crippen LogP contribution in [0.2, 0.25) is 0 Å². The second-order valence-corrected chi connectivity index (χ2v) is 13.6. The van der Waals surface area contributed by atoms with Crippen molar-refractivity contribution < 1.29 is 19.1 Å². The van der Waals surface area contributed by atoms with Crippen molar-refractivity contribution >= 4 is 11.9 Å². The molecule has 0 saturated carbocycles. The van der Waals surface area contributed by atoms with Gasteiger partial charge in [-0.25, -0.2) is 0 Å². The Balaban J connectivity index is 1.63. The van der Waals surface area contributed by atoms with Gasteiger partial charge in [0.2, 0.25) is 5.91 Å². The summed E-state index contributed by atoms with van der Waals surface area (Å²) < 4.78 is 12.0. The van der Waals surface area contributed by atoms with Gasteiger partial charge >= 0.3 is 5.97 Å². The quantitative estimate of drug-likeness (QED) is 0.0655. The molecule has 45 heavy (non-hydrogen) atoms. The van der Waals surface area contributed by atoms with Crippen LogP contribution in [0.15, 0.2) is 30.3 Å². The molecule has 1 aliphatic heterocycles. The molecule has 1 aliphatic rings. The first-order valence-corrected chi connectivity index (χ1v) is 19.2. The second kappa shape index (κ2) is 27.3. The molecule has 0 aromatic heterocycles. The van der Waals surface area contributed by atoms with E-state index in [1.165, 1.54) is 108 Å². The van der Waals surface area contributed by atoms with Crippen LogP contribution in [0.25, 0.3) is 0 Å². The Morgan fingerprint density at radius 3 is 1.87 bits per heavy atom. The van der Waals surface area contributed by atoms with Crippen molar-refractivity contribution in [3.05, 3.63) is 35.9 Å². The Hall–Kier alpha value is -1.88. The molecule has 5 nitrogen and oxygen atoms in total. The van der Waals surface area contributed by atoms with Crippen molar-refractivity contribution in [2.75, 3.05) is 13.2 Å². The third-order valence-corrected chi connectivity index (χ3v) is 9.51. The van der Waals surface area contributed by atoms with Gasteiger partial charge in [0.25, 0.3) is 0 Å². The molecule has 0 aliphatic carbocycles. The summed E-state index contributed by atoms with van der Waals surface area (Å²) >= 11 is 0. The number of amides is 1. The van der Waals surface area contributed by atoms with Gasteiger partial charge in [-0.1, -0.05) is 160 Å². The number of carbonyl (C=O) groups is 2. The van der Waals surface area contributed by atoms with E-state index >= 15 is 0 Å². The summed E-state index contributed by atoms with van der Waals surface area (Å²) in [6, 6.07) is 10.4. The maximum absolute atomic E-state index is 13.3. The van der Waals surface area contributed by atoms with Crippen LogP contribution in [0.4, 0.5) is 0 Å². The highest BCUT2D eigenvalue weighted by Gasteiger charge is 2.30. The first-order valence-electron chi connectivity index (χ1n) is 19.2. The van der Waals surface area contributed by atoms with Gasteiger partial charge in [-0.05, 0) is 37.7 Å². The molecule has 258 valence electrons. The molecule has 2 atom stereocenters. The molecule has 0 spiro atoms. The molecule has 1 saturated heterocycles. The Kier molecular flexibility index (Phi) is 23.8. The zero-order chi connectivity index (χ0) is 32.2. The smallest absolute Gasteiger partial charge is 0.305 e. The Labute approximate surface area is 277 Å². The Bertz CT molecular complexity index is 844. The lowest BCUT2D eigenvalue weighted by atomic mass is 10.0. The molecule has 1 heterocycles. The number of nitrogens with zero attached hydrogens (tertiary/aromatic N) is 1. The number of unbranched alkanes of at least 4 members (excludes halogenated alkanes) is 17. The van der Waals surface area contributed by atoms with E-state index in [9.17, 15) is 9.59 Å². The standard InChI is InChI=1S/C40H69NO4/c1-3-5-7-9-11-13-14-15-17-19-24-30-40(43)45-35-37-28-25-33-41(37)39(42)32-31-38(44-34-36-26-21-20-22-27-36)29-23-18-16-12-10-8-6-4-2/h20-22,26-27,37-38H,3-19,23-25,28-35H2,1-2H3/t37?,38-/m1/s1. The molecule has 5 heteroatoms. The fourth-order valence-corrected chi connectivity index (χ4v) is 6.57. The number of hydrogen-bond donors (Lipinski definition) is 0. The van der Waals surface area contributed by atoms with Crippen molar-refractivity contribution in [2.45, 2.75) is 193 Å². The number of ether oxygens (including phenoxy) is 2. The predicted octanol–water partition coefficient (Wildman–Crippen LogP) is 11.1. The average molecular weight is 628 g/mol. The van der Waals surface area contributed by atoms with E-state index in [1.54, 1.807) is 0 Å². The first kappa shape index (κ1) is 39.3. The molecular formula is C40H69NO4. The topological polar surface area (TPSA) is 55.8 Å². The summed E-state index contributed by atoms with van der Waals surface area (Å²) in [5, 5.41) is 0. The lowest BCUT2D eigenvalue weighted by Crippen LogP contribution is -2.39. The molecule has 2 rings (SSSR count). The molecule has 0 bridgehead atoms. The van der Waals surface area contributed by atoms with E-state index < -0.39 is 0 Å². The van der Waals surface area contributed by atoms with E-state index in [0.717, 1.165) is 51.5 Å². The average Bonchev–Trinajstić information content (AvgIpc) is 3.54. The fraction of sp³-hybridized carbons (Fsp3) is 0.800. The lowest BCUT2D eigenvalue weighted by Gasteiger charge is -2.26. The van der Waals surface area contributed by atoms with Gasteiger partial charge in [0.15, 0.2) is 0 Å². The number of rotatable bonds is 29. The SMILES string of the molecule is CCCCCCCCCCCCCC(=O)OCC1CCCN1C(=O)CC[C@@H](CCCCCCCCCC)OCc1ccccc1. The third-order valence-electron chi connectivity index (χ3n) is 9.51. The number of likely N-dealkylation sites (tertiary alicyclic amines) is 1. The first-order chi connectivity index (χ1) is 22.1. The van der Waals surface area contributed by atoms with Gasteiger partial charge in [0, 0.05) is 19.4 Å². The third kappa shape index (κ3) is 20.1. The summed E-state index contributed by atoms with van der Waals surface area (Å²) in [5.41, 5.74) is 1.18. The minimum atomic E-state index is -0.107. The Morgan fingerprint density at radius 2 is 1.27 bits per heavy atom. The van der Waals surface area contributed by atoms with Crippen LogP contribution in [-0.4, -0.2) is 42.1 Å². The van der Waals surface area contributed by atoms with Crippen LogP contribution in [-0.2, 0) is 25.7 Å². The molecule has 1 amide bonds. The maximum Gasteiger partial charge on any atom is 0.305 e. The van der Waals surface area contributed by atoms with Gasteiger partial charge in [-0.15, -0.1) is 0 Å². The fourth-order valence-electron chi connectivity index (χ4n) is 6.57. The van der Waals surface area contributed by atoms with Crippen LogP contribution >= 0.6 is 0 Å². The maximum atomic E-state index is 13.3. The minimum Gasteiger partial charge on any atom is -0.463 e. The van der Waals surface area contributed by atoms with Crippen molar-refractivity contribution in [3.63, 3.8) is 0 Å². The van der Waals surface area contributed by atoms with Crippen LogP contribution in [0, 0.1) is 0 Å². The Morgan fingerprint density at radius 1 is 0.711 bits per heavy atom. The zero-order valence-corrected chi connectivity index (χ0v) is 29.4. The summed E-state index contributed by atoms with van der Waals surface area (Å²) in [5.74, 6) is 0.0770. The molecule has 0 radical (unpaired) electrons. The highest BCUT2D eigenvalue weighted by Crippen LogP contribution is 2.22. The summed E-state index contributed by atoms with van der Waals surface area (Å²) in [7, 11) is 0. The summed E-state index contributed by atoms with van der Waals surface area (Å²) in [6.07, 6.45) is 29.1. The van der Waals surface area contributed by atoms with Crippen molar-refractivity contribution in [1.82, 2.24) is 4.90 Å².